The molecule has 0 amide bonds. The summed E-state index contributed by atoms with van der Waals surface area (Å²) in [5.41, 5.74) is 10.1. The summed E-state index contributed by atoms with van der Waals surface area (Å²) in [7, 11) is 3.96. The maximum absolute atomic E-state index is 10.3. The molecule has 14 heteroatoms. The van der Waals surface area contributed by atoms with Crippen LogP contribution in [-0.4, -0.2) is 78.9 Å². The minimum absolute atomic E-state index is 0.0174. The first-order valence-electron chi connectivity index (χ1n) is 16.8. The summed E-state index contributed by atoms with van der Waals surface area (Å²) in [6.07, 6.45) is 8.55. The molecule has 6 N–H and O–H groups in total. The Hall–Kier alpha value is -4.32. The van der Waals surface area contributed by atoms with Crippen molar-refractivity contribution in [3.05, 3.63) is 50.8 Å². The predicted octanol–water partition coefficient (Wildman–Crippen LogP) is 4.44. The van der Waals surface area contributed by atoms with Gasteiger partial charge >= 0.3 is 0 Å². The zero-order valence-corrected chi connectivity index (χ0v) is 28.7. The van der Waals surface area contributed by atoms with Crippen LogP contribution in [0.1, 0.15) is 91.0 Å². The topological polar surface area (TPSA) is 191 Å². The van der Waals surface area contributed by atoms with Crippen LogP contribution in [0.4, 0.5) is 16.6 Å². The van der Waals surface area contributed by atoms with Crippen LogP contribution >= 0.6 is 11.3 Å². The molecular formula is C34H43N11O2S. The van der Waals surface area contributed by atoms with Crippen LogP contribution in [0.2, 0.25) is 0 Å². The molecule has 5 heterocycles. The summed E-state index contributed by atoms with van der Waals surface area (Å²) >= 11 is 1.52. The van der Waals surface area contributed by atoms with E-state index in [2.05, 4.69) is 45.8 Å². The number of likely N-dealkylation sites (tertiary alicyclic amines) is 1. The first-order chi connectivity index (χ1) is 23.1. The van der Waals surface area contributed by atoms with Gasteiger partial charge < -0.3 is 30.9 Å². The number of nitriles is 1. The van der Waals surface area contributed by atoms with E-state index in [0.717, 1.165) is 79.7 Å². The highest BCUT2D eigenvalue weighted by atomic mass is 32.1. The van der Waals surface area contributed by atoms with E-state index >= 15 is 0 Å². The number of nitrogen functional groups attached to an aromatic ring is 1. The SMILES string of the molecule is CC(O)CNc1nc(-c2noc3c2CCCC32CCCc3sc(N)c(C#N)c32)nc(NC(C)C2CCCN2C)c1C(=N)c1ccn(C)n1. The highest BCUT2D eigenvalue weighted by Gasteiger charge is 2.49. The quantitative estimate of drug-likeness (QED) is 0.158. The number of hydrogen-bond acceptors (Lipinski definition) is 13. The molecule has 4 aromatic heterocycles. The smallest absolute Gasteiger partial charge is 0.186 e. The van der Waals surface area contributed by atoms with Gasteiger partial charge in [-0.2, -0.15) is 10.4 Å². The molecule has 3 aliphatic rings. The maximum Gasteiger partial charge on any atom is 0.186 e. The average Bonchev–Trinajstić information content (AvgIpc) is 3.86. The van der Waals surface area contributed by atoms with E-state index in [1.165, 1.54) is 11.3 Å². The van der Waals surface area contributed by atoms with Crippen molar-refractivity contribution >= 4 is 33.7 Å². The average molecular weight is 670 g/mol. The number of thiophene rings is 1. The highest BCUT2D eigenvalue weighted by molar-refractivity contribution is 7.16. The van der Waals surface area contributed by atoms with E-state index in [-0.39, 0.29) is 18.3 Å². The van der Waals surface area contributed by atoms with Gasteiger partial charge in [-0.25, -0.2) is 9.97 Å². The van der Waals surface area contributed by atoms with Crippen LogP contribution in [0.15, 0.2) is 16.8 Å². The van der Waals surface area contributed by atoms with Crippen molar-refractivity contribution in [3.63, 3.8) is 0 Å². The number of aliphatic hydroxyl groups is 1. The number of aromatic nitrogens is 5. The second-order valence-corrected chi connectivity index (χ2v) is 14.7. The monoisotopic (exact) mass is 669 g/mol. The summed E-state index contributed by atoms with van der Waals surface area (Å²) in [6, 6.07) is 4.50. The third kappa shape index (κ3) is 5.43. The zero-order valence-electron chi connectivity index (χ0n) is 27.9. The predicted molar refractivity (Wildman–Crippen MR) is 186 cm³/mol. The molecule has 13 nitrogen and oxygen atoms in total. The molecule has 252 valence electrons. The molecule has 4 atom stereocenters. The molecular weight excluding hydrogens is 627 g/mol. The largest absolute Gasteiger partial charge is 0.392 e. The lowest BCUT2D eigenvalue weighted by Gasteiger charge is -2.39. The maximum atomic E-state index is 10.3. The minimum Gasteiger partial charge on any atom is -0.392 e. The van der Waals surface area contributed by atoms with Crippen LogP contribution in [0.25, 0.3) is 11.5 Å². The van der Waals surface area contributed by atoms with Crippen LogP contribution in [0.5, 0.6) is 0 Å². The zero-order chi connectivity index (χ0) is 33.7. The molecule has 1 aliphatic heterocycles. The van der Waals surface area contributed by atoms with Crippen molar-refractivity contribution < 1.29 is 9.63 Å². The van der Waals surface area contributed by atoms with E-state index in [9.17, 15) is 15.8 Å². The van der Waals surface area contributed by atoms with Crippen molar-refractivity contribution in [1.82, 2.24) is 29.8 Å². The molecule has 4 aromatic rings. The lowest BCUT2D eigenvalue weighted by molar-refractivity contribution is 0.208. The molecule has 4 unspecified atom stereocenters. The lowest BCUT2D eigenvalue weighted by Crippen LogP contribution is -2.40. The molecule has 48 heavy (non-hydrogen) atoms. The third-order valence-corrected chi connectivity index (χ3v) is 11.4. The normalized spacial score (nSPS) is 21.8. The van der Waals surface area contributed by atoms with Crippen molar-refractivity contribution in [3.8, 4) is 17.6 Å². The van der Waals surface area contributed by atoms with E-state index in [0.29, 0.717) is 51.0 Å². The van der Waals surface area contributed by atoms with Gasteiger partial charge in [0.15, 0.2) is 17.3 Å². The molecule has 0 aromatic carbocycles. The van der Waals surface area contributed by atoms with Gasteiger partial charge in [0.25, 0.3) is 0 Å². The van der Waals surface area contributed by atoms with Gasteiger partial charge in [0.05, 0.1) is 28.4 Å². The van der Waals surface area contributed by atoms with Crippen LogP contribution in [0, 0.1) is 16.7 Å². The Morgan fingerprint density at radius 1 is 1.23 bits per heavy atom. The molecule has 7 rings (SSSR count). The Morgan fingerprint density at radius 3 is 2.69 bits per heavy atom. The van der Waals surface area contributed by atoms with E-state index in [1.54, 1.807) is 23.9 Å². The van der Waals surface area contributed by atoms with Crippen LogP contribution in [0.3, 0.4) is 0 Å². The number of nitrogens with zero attached hydrogens (tertiary/aromatic N) is 7. The van der Waals surface area contributed by atoms with Gasteiger partial charge in [0.1, 0.15) is 28.4 Å². The lowest BCUT2D eigenvalue weighted by atomic mass is 9.63. The van der Waals surface area contributed by atoms with E-state index in [4.69, 9.17) is 20.2 Å². The summed E-state index contributed by atoms with van der Waals surface area (Å²) < 4.78 is 7.95. The Kier molecular flexibility index (Phi) is 8.47. The number of aryl methyl sites for hydroxylation is 2. The fraction of sp³-hybridized carbons (Fsp3) is 0.529. The highest BCUT2D eigenvalue weighted by Crippen LogP contribution is 2.55. The summed E-state index contributed by atoms with van der Waals surface area (Å²) in [6.45, 7) is 5.10. The second-order valence-electron chi connectivity index (χ2n) is 13.6. The first-order valence-corrected chi connectivity index (χ1v) is 17.6. The molecule has 0 saturated carbocycles. The van der Waals surface area contributed by atoms with Gasteiger partial charge in [-0.3, -0.25) is 10.1 Å². The molecule has 0 radical (unpaired) electrons. The molecule has 1 spiro atoms. The number of fused-ring (bicyclic) bond motifs is 4. The number of nitrogens with two attached hydrogens (primary N) is 1. The molecule has 1 saturated heterocycles. The van der Waals surface area contributed by atoms with Crippen LogP contribution < -0.4 is 16.4 Å². The van der Waals surface area contributed by atoms with Gasteiger partial charge in [0, 0.05) is 42.3 Å². The fourth-order valence-corrected chi connectivity index (χ4v) is 9.21. The second kappa shape index (κ2) is 12.6. The Labute approximate surface area is 284 Å². The Bertz CT molecular complexity index is 1900. The number of aliphatic hydroxyl groups excluding tert-OH is 1. The summed E-state index contributed by atoms with van der Waals surface area (Å²) in [5.74, 6) is 2.06. The number of nitrogens with one attached hydrogen (secondary N) is 3. The van der Waals surface area contributed by atoms with E-state index < -0.39 is 11.5 Å². The van der Waals surface area contributed by atoms with Gasteiger partial charge in [-0.1, -0.05) is 5.16 Å². The van der Waals surface area contributed by atoms with Crippen molar-refractivity contribution in [1.29, 1.82) is 10.7 Å². The van der Waals surface area contributed by atoms with Gasteiger partial charge in [-0.15, -0.1) is 11.3 Å². The standard InChI is InChI=1S/C34H43N11O2S/c1-18(46)17-38-31-25(27(36)22-11-15-45(4)42-22)32(39-19(2)23-9-7-14-44(23)3)41-33(40-31)28-20-8-5-12-34(29(20)47-43-28)13-6-10-24-26(34)21(16-35)30(37)48-24/h11,15,18-19,23,36,46H,5-10,12-14,17,37H2,1-4H3,(H2,38,39,40,41). The fourth-order valence-electron chi connectivity index (χ4n) is 8.05. The Morgan fingerprint density at radius 2 is 2.00 bits per heavy atom. The third-order valence-electron chi connectivity index (χ3n) is 10.3. The minimum atomic E-state index is -0.657. The number of anilines is 3. The first kappa shape index (κ1) is 32.2. The van der Waals surface area contributed by atoms with Gasteiger partial charge in [-0.05, 0) is 90.4 Å². The Balaban J connectivity index is 1.38. The number of hydrogen-bond donors (Lipinski definition) is 5. The van der Waals surface area contributed by atoms with Gasteiger partial charge in [0.2, 0.25) is 0 Å². The molecule has 0 bridgehead atoms. The molecule has 1 fully saturated rings. The van der Waals surface area contributed by atoms with E-state index in [1.807, 2.05) is 7.05 Å². The van der Waals surface area contributed by atoms with Crippen molar-refractivity contribution in [2.45, 2.75) is 88.8 Å². The summed E-state index contributed by atoms with van der Waals surface area (Å²) in [5, 5.41) is 46.4. The number of rotatable bonds is 9. The number of likely N-dealkylation sites (N-methyl/N-ethyl adjacent to an activating group) is 1. The molecule has 2 aliphatic carbocycles. The van der Waals surface area contributed by atoms with Crippen LogP contribution in [-0.2, 0) is 25.3 Å². The summed E-state index contributed by atoms with van der Waals surface area (Å²) in [4.78, 5) is 13.6. The van der Waals surface area contributed by atoms with Crippen molar-refractivity contribution in [2.24, 2.45) is 7.05 Å². The van der Waals surface area contributed by atoms with Crippen molar-refractivity contribution in [2.75, 3.05) is 36.5 Å².